The monoisotopic (exact) mass is 263 g/mol. The fraction of sp³-hybridized carbons (Fsp3) is 0.714. The van der Waals surface area contributed by atoms with Crippen molar-refractivity contribution in [2.75, 3.05) is 13.2 Å². The van der Waals surface area contributed by atoms with E-state index >= 15 is 0 Å². The maximum Gasteiger partial charge on any atom is 0.313 e. The van der Waals surface area contributed by atoms with E-state index < -0.39 is 0 Å². The largest absolute Gasteiger partial charge is 0.474 e. The van der Waals surface area contributed by atoms with Crippen LogP contribution in [-0.4, -0.2) is 28.7 Å². The molecule has 1 aliphatic heterocycles. The van der Waals surface area contributed by atoms with Crippen LogP contribution in [0.1, 0.15) is 44.6 Å². The van der Waals surface area contributed by atoms with Gasteiger partial charge in [-0.15, -0.1) is 0 Å². The summed E-state index contributed by atoms with van der Waals surface area (Å²) in [5.41, 5.74) is -0.0818. The SMILES string of the molecule is O=c1c(OCCC2CCCCN2)nccn1C1CC1. The average Bonchev–Trinajstić information content (AvgIpc) is 3.26. The molecule has 1 aromatic rings. The van der Waals surface area contributed by atoms with Gasteiger partial charge in [0.05, 0.1) is 6.61 Å². The minimum Gasteiger partial charge on any atom is -0.474 e. The van der Waals surface area contributed by atoms with Crippen LogP contribution in [0.5, 0.6) is 5.88 Å². The molecule has 2 heterocycles. The molecule has 19 heavy (non-hydrogen) atoms. The van der Waals surface area contributed by atoms with Crippen LogP contribution in [0.4, 0.5) is 0 Å². The Hall–Kier alpha value is -1.36. The molecule has 0 bridgehead atoms. The number of nitrogens with one attached hydrogen (secondary N) is 1. The normalized spacial score (nSPS) is 23.3. The molecule has 1 saturated carbocycles. The van der Waals surface area contributed by atoms with Gasteiger partial charge in [-0.25, -0.2) is 4.98 Å². The Labute approximate surface area is 113 Å². The van der Waals surface area contributed by atoms with Crippen LogP contribution >= 0.6 is 0 Å². The van der Waals surface area contributed by atoms with Crippen molar-refractivity contribution >= 4 is 0 Å². The van der Waals surface area contributed by atoms with E-state index in [2.05, 4.69) is 10.3 Å². The highest BCUT2D eigenvalue weighted by atomic mass is 16.5. The lowest BCUT2D eigenvalue weighted by Crippen LogP contribution is -2.35. The summed E-state index contributed by atoms with van der Waals surface area (Å²) in [6, 6.07) is 0.904. The standard InChI is InChI=1S/C14H21N3O2/c18-14-13(16-8-9-17(14)12-4-5-12)19-10-6-11-3-1-2-7-15-11/h8-9,11-12,15H,1-7,10H2. The molecule has 5 heteroatoms. The third-order valence-electron chi connectivity index (χ3n) is 3.89. The Morgan fingerprint density at radius 2 is 2.26 bits per heavy atom. The molecule has 0 radical (unpaired) electrons. The summed E-state index contributed by atoms with van der Waals surface area (Å²) in [5, 5.41) is 3.48. The highest BCUT2D eigenvalue weighted by Gasteiger charge is 2.25. The Bertz CT molecular complexity index is 476. The zero-order valence-electron chi connectivity index (χ0n) is 11.2. The Morgan fingerprint density at radius 3 is 3.00 bits per heavy atom. The van der Waals surface area contributed by atoms with Crippen LogP contribution in [-0.2, 0) is 0 Å². The number of hydrogen-bond acceptors (Lipinski definition) is 4. The molecule has 1 aromatic heterocycles. The third kappa shape index (κ3) is 3.15. The molecular weight excluding hydrogens is 242 g/mol. The molecule has 1 atom stereocenters. The molecule has 5 nitrogen and oxygen atoms in total. The molecule has 1 N–H and O–H groups in total. The second-order valence-electron chi connectivity index (χ2n) is 5.46. The lowest BCUT2D eigenvalue weighted by Gasteiger charge is -2.23. The smallest absolute Gasteiger partial charge is 0.313 e. The third-order valence-corrected chi connectivity index (χ3v) is 3.89. The summed E-state index contributed by atoms with van der Waals surface area (Å²) in [6.07, 6.45) is 10.3. The molecule has 1 aliphatic carbocycles. The first-order chi connectivity index (χ1) is 9.34. The minimum absolute atomic E-state index is 0.0818. The van der Waals surface area contributed by atoms with Gasteiger partial charge in [-0.05, 0) is 38.6 Å². The van der Waals surface area contributed by atoms with Gasteiger partial charge < -0.3 is 14.6 Å². The molecular formula is C14H21N3O2. The van der Waals surface area contributed by atoms with Crippen LogP contribution in [0.3, 0.4) is 0 Å². The highest BCUT2D eigenvalue weighted by molar-refractivity contribution is 5.06. The second-order valence-corrected chi connectivity index (χ2v) is 5.46. The van der Waals surface area contributed by atoms with Crippen molar-refractivity contribution in [3.05, 3.63) is 22.7 Å². The highest BCUT2D eigenvalue weighted by Crippen LogP contribution is 2.33. The van der Waals surface area contributed by atoms with Crippen LogP contribution in [0.25, 0.3) is 0 Å². The van der Waals surface area contributed by atoms with Gasteiger partial charge in [0.15, 0.2) is 0 Å². The van der Waals surface area contributed by atoms with Gasteiger partial charge in [0, 0.05) is 24.5 Å². The van der Waals surface area contributed by atoms with Crippen LogP contribution < -0.4 is 15.6 Å². The molecule has 2 fully saturated rings. The van der Waals surface area contributed by atoms with Crippen molar-refractivity contribution in [2.24, 2.45) is 0 Å². The van der Waals surface area contributed by atoms with Crippen LogP contribution in [0.15, 0.2) is 17.2 Å². The first-order valence-electron chi connectivity index (χ1n) is 7.28. The van der Waals surface area contributed by atoms with E-state index in [1.165, 1.54) is 19.3 Å². The van der Waals surface area contributed by atoms with E-state index in [1.807, 2.05) is 0 Å². The van der Waals surface area contributed by atoms with Gasteiger partial charge in [0.2, 0.25) is 0 Å². The lowest BCUT2D eigenvalue weighted by molar-refractivity contribution is 0.255. The predicted molar refractivity (Wildman–Crippen MR) is 72.5 cm³/mol. The fourth-order valence-electron chi connectivity index (χ4n) is 2.61. The van der Waals surface area contributed by atoms with E-state index in [-0.39, 0.29) is 11.4 Å². The zero-order valence-corrected chi connectivity index (χ0v) is 11.2. The van der Waals surface area contributed by atoms with Crippen molar-refractivity contribution < 1.29 is 4.74 Å². The summed E-state index contributed by atoms with van der Waals surface area (Å²) in [7, 11) is 0. The molecule has 1 saturated heterocycles. The number of rotatable bonds is 5. The van der Waals surface area contributed by atoms with Crippen LogP contribution in [0.2, 0.25) is 0 Å². The maximum absolute atomic E-state index is 12.1. The molecule has 3 rings (SSSR count). The van der Waals surface area contributed by atoms with E-state index in [1.54, 1.807) is 17.0 Å². The second kappa shape index (κ2) is 5.74. The van der Waals surface area contributed by atoms with Gasteiger partial charge >= 0.3 is 5.56 Å². The summed E-state index contributed by atoms with van der Waals surface area (Å²) in [5.74, 6) is 0.255. The number of hydrogen-bond donors (Lipinski definition) is 1. The molecule has 0 aromatic carbocycles. The number of ether oxygens (including phenoxy) is 1. The number of piperidine rings is 1. The summed E-state index contributed by atoms with van der Waals surface area (Å²) in [4.78, 5) is 16.1. The molecule has 0 spiro atoms. The van der Waals surface area contributed by atoms with E-state index in [9.17, 15) is 4.79 Å². The minimum atomic E-state index is -0.0818. The Kier molecular flexibility index (Phi) is 3.82. The van der Waals surface area contributed by atoms with Crippen molar-refractivity contribution in [3.63, 3.8) is 0 Å². The van der Waals surface area contributed by atoms with Crippen molar-refractivity contribution in [1.82, 2.24) is 14.9 Å². The van der Waals surface area contributed by atoms with Crippen molar-refractivity contribution in [2.45, 2.75) is 50.6 Å². The topological polar surface area (TPSA) is 56.1 Å². The summed E-state index contributed by atoms with van der Waals surface area (Å²) in [6.45, 7) is 1.66. The maximum atomic E-state index is 12.1. The average molecular weight is 263 g/mol. The van der Waals surface area contributed by atoms with Gasteiger partial charge in [-0.3, -0.25) is 4.79 Å². The van der Waals surface area contributed by atoms with Gasteiger partial charge in [-0.2, -0.15) is 0 Å². The van der Waals surface area contributed by atoms with E-state index in [0.717, 1.165) is 25.8 Å². The number of nitrogens with zero attached hydrogens (tertiary/aromatic N) is 2. The van der Waals surface area contributed by atoms with Crippen molar-refractivity contribution in [1.29, 1.82) is 0 Å². The zero-order chi connectivity index (χ0) is 13.1. The quantitative estimate of drug-likeness (QED) is 0.874. The first kappa shape index (κ1) is 12.7. The molecule has 0 amide bonds. The summed E-state index contributed by atoms with van der Waals surface area (Å²) >= 11 is 0. The Morgan fingerprint density at radius 1 is 1.37 bits per heavy atom. The van der Waals surface area contributed by atoms with Gasteiger partial charge in [-0.1, -0.05) is 6.42 Å². The van der Waals surface area contributed by atoms with Crippen molar-refractivity contribution in [3.8, 4) is 5.88 Å². The Balaban J connectivity index is 1.54. The van der Waals surface area contributed by atoms with E-state index in [4.69, 9.17) is 4.74 Å². The van der Waals surface area contributed by atoms with Gasteiger partial charge in [0.25, 0.3) is 5.88 Å². The summed E-state index contributed by atoms with van der Waals surface area (Å²) < 4.78 is 7.32. The fourth-order valence-corrected chi connectivity index (χ4v) is 2.61. The molecule has 1 unspecified atom stereocenters. The van der Waals surface area contributed by atoms with Crippen LogP contribution in [0, 0.1) is 0 Å². The number of aromatic nitrogens is 2. The molecule has 2 aliphatic rings. The predicted octanol–water partition coefficient (Wildman–Crippen LogP) is 1.49. The van der Waals surface area contributed by atoms with Gasteiger partial charge in [0.1, 0.15) is 0 Å². The van der Waals surface area contributed by atoms with E-state index in [0.29, 0.717) is 18.7 Å². The first-order valence-corrected chi connectivity index (χ1v) is 7.28. The molecule has 104 valence electrons. The lowest BCUT2D eigenvalue weighted by atomic mass is 10.0.